The van der Waals surface area contributed by atoms with Crippen LogP contribution in [0.3, 0.4) is 0 Å². The van der Waals surface area contributed by atoms with Gasteiger partial charge in [-0.25, -0.2) is 0 Å². The second kappa shape index (κ2) is 7.39. The van der Waals surface area contributed by atoms with Crippen molar-refractivity contribution < 1.29 is 4.74 Å². The molecule has 0 aliphatic heterocycles. The molecular weight excluding hydrogens is 338 g/mol. The zero-order valence-electron chi connectivity index (χ0n) is 15.9. The minimum absolute atomic E-state index is 0.294. The number of nitrogens with zero attached hydrogens (tertiary/aromatic N) is 4. The number of ether oxygens (including phenoxy) is 1. The first-order valence-corrected chi connectivity index (χ1v) is 9.49. The van der Waals surface area contributed by atoms with Crippen LogP contribution in [-0.2, 0) is 5.54 Å². The molecule has 3 aromatic rings. The van der Waals surface area contributed by atoms with Crippen LogP contribution >= 0.6 is 0 Å². The van der Waals surface area contributed by atoms with E-state index in [0.717, 1.165) is 48.6 Å². The first-order valence-electron chi connectivity index (χ1n) is 9.49. The number of methoxy groups -OCH3 is 1. The molecular formula is C21H25N5O. The largest absolute Gasteiger partial charge is 0.494 e. The molecule has 1 heterocycles. The molecule has 0 radical (unpaired) electrons. The molecule has 0 saturated heterocycles. The van der Waals surface area contributed by atoms with E-state index in [1.54, 1.807) is 7.11 Å². The first kappa shape index (κ1) is 17.5. The Bertz CT molecular complexity index is 897. The molecule has 2 aromatic carbocycles. The van der Waals surface area contributed by atoms with E-state index < -0.39 is 0 Å². The van der Waals surface area contributed by atoms with Crippen molar-refractivity contribution in [3.8, 4) is 11.4 Å². The van der Waals surface area contributed by atoms with Crippen molar-refractivity contribution in [1.29, 1.82) is 0 Å². The Balaban J connectivity index is 1.78. The second-order valence-electron chi connectivity index (χ2n) is 7.22. The van der Waals surface area contributed by atoms with E-state index in [0.29, 0.717) is 0 Å². The molecule has 1 fully saturated rings. The molecule has 0 spiro atoms. The highest BCUT2D eigenvalue weighted by molar-refractivity contribution is 5.50. The van der Waals surface area contributed by atoms with E-state index in [2.05, 4.69) is 52.0 Å². The van der Waals surface area contributed by atoms with Crippen LogP contribution in [0.2, 0.25) is 0 Å². The molecule has 1 aliphatic rings. The average molecular weight is 363 g/mol. The van der Waals surface area contributed by atoms with E-state index in [9.17, 15) is 0 Å². The van der Waals surface area contributed by atoms with Crippen LogP contribution in [0.25, 0.3) is 5.69 Å². The number of nitrogens with one attached hydrogen (secondary N) is 1. The SMILES string of the molecule is COc1ccccc1-n1nnnc1C1(Nc2ccc(C)cc2)CCCCC1. The highest BCUT2D eigenvalue weighted by Crippen LogP contribution is 2.40. The number of hydrogen-bond donors (Lipinski definition) is 1. The number of benzene rings is 2. The van der Waals surface area contributed by atoms with Crippen molar-refractivity contribution >= 4 is 5.69 Å². The van der Waals surface area contributed by atoms with E-state index >= 15 is 0 Å². The van der Waals surface area contributed by atoms with Gasteiger partial charge >= 0.3 is 0 Å². The zero-order chi connectivity index (χ0) is 18.7. The summed E-state index contributed by atoms with van der Waals surface area (Å²) in [5.41, 5.74) is 2.91. The van der Waals surface area contributed by atoms with Gasteiger partial charge in [0.15, 0.2) is 5.82 Å². The Morgan fingerprint density at radius 1 is 1.00 bits per heavy atom. The molecule has 4 rings (SSSR count). The summed E-state index contributed by atoms with van der Waals surface area (Å²) in [5.74, 6) is 1.60. The minimum atomic E-state index is -0.294. The number of aryl methyl sites for hydroxylation is 1. The van der Waals surface area contributed by atoms with Gasteiger partial charge in [0.05, 0.1) is 12.6 Å². The number of tetrazole rings is 1. The monoisotopic (exact) mass is 363 g/mol. The smallest absolute Gasteiger partial charge is 0.182 e. The van der Waals surface area contributed by atoms with E-state index in [-0.39, 0.29) is 5.54 Å². The van der Waals surface area contributed by atoms with Gasteiger partial charge < -0.3 is 10.1 Å². The number of hydrogen-bond acceptors (Lipinski definition) is 5. The fraction of sp³-hybridized carbons (Fsp3) is 0.381. The molecule has 1 N–H and O–H groups in total. The molecule has 0 amide bonds. The third kappa shape index (κ3) is 3.39. The third-order valence-corrected chi connectivity index (χ3v) is 5.35. The maximum absolute atomic E-state index is 5.54. The molecule has 6 heteroatoms. The fourth-order valence-electron chi connectivity index (χ4n) is 3.93. The highest BCUT2D eigenvalue weighted by atomic mass is 16.5. The van der Waals surface area contributed by atoms with Gasteiger partial charge in [-0.15, -0.1) is 5.10 Å². The Kier molecular flexibility index (Phi) is 4.79. The maximum Gasteiger partial charge on any atom is 0.182 e. The molecule has 1 aliphatic carbocycles. The summed E-state index contributed by atoms with van der Waals surface area (Å²) < 4.78 is 7.36. The molecule has 1 saturated carbocycles. The lowest BCUT2D eigenvalue weighted by atomic mass is 9.80. The molecule has 140 valence electrons. The van der Waals surface area contributed by atoms with Crippen LogP contribution in [0.1, 0.15) is 43.5 Å². The van der Waals surface area contributed by atoms with Crippen molar-refractivity contribution in [3.63, 3.8) is 0 Å². The van der Waals surface area contributed by atoms with Crippen LogP contribution in [0.4, 0.5) is 5.69 Å². The lowest BCUT2D eigenvalue weighted by Gasteiger charge is -2.37. The van der Waals surface area contributed by atoms with E-state index in [4.69, 9.17) is 4.74 Å². The van der Waals surface area contributed by atoms with E-state index in [1.807, 2.05) is 28.9 Å². The molecule has 6 nitrogen and oxygen atoms in total. The van der Waals surface area contributed by atoms with Gasteiger partial charge in [0, 0.05) is 5.69 Å². The van der Waals surface area contributed by atoms with Gasteiger partial charge in [-0.2, -0.15) is 4.68 Å². The Labute approximate surface area is 159 Å². The maximum atomic E-state index is 5.54. The van der Waals surface area contributed by atoms with Gasteiger partial charge in [-0.3, -0.25) is 0 Å². The van der Waals surface area contributed by atoms with Gasteiger partial charge in [0.25, 0.3) is 0 Å². The van der Waals surface area contributed by atoms with Crippen LogP contribution in [-0.4, -0.2) is 27.3 Å². The molecule has 0 unspecified atom stereocenters. The average Bonchev–Trinajstić information content (AvgIpc) is 3.21. The first-order chi connectivity index (χ1) is 13.2. The Hall–Kier alpha value is -2.89. The third-order valence-electron chi connectivity index (χ3n) is 5.35. The lowest BCUT2D eigenvalue weighted by molar-refractivity contribution is 0.308. The normalized spacial score (nSPS) is 16.1. The van der Waals surface area contributed by atoms with E-state index in [1.165, 1.54) is 12.0 Å². The fourth-order valence-corrected chi connectivity index (χ4v) is 3.93. The lowest BCUT2D eigenvalue weighted by Crippen LogP contribution is -2.40. The van der Waals surface area contributed by atoms with Crippen LogP contribution in [0.5, 0.6) is 5.75 Å². The predicted molar refractivity (Wildman–Crippen MR) is 105 cm³/mol. The van der Waals surface area contributed by atoms with Gasteiger partial charge in [0.2, 0.25) is 0 Å². The predicted octanol–water partition coefficient (Wildman–Crippen LogP) is 4.25. The zero-order valence-corrected chi connectivity index (χ0v) is 15.9. The number of para-hydroxylation sites is 2. The van der Waals surface area contributed by atoms with Crippen LogP contribution < -0.4 is 10.1 Å². The van der Waals surface area contributed by atoms with Crippen molar-refractivity contribution in [2.24, 2.45) is 0 Å². The summed E-state index contributed by atoms with van der Waals surface area (Å²) in [4.78, 5) is 0. The minimum Gasteiger partial charge on any atom is -0.494 e. The quantitative estimate of drug-likeness (QED) is 0.734. The summed E-state index contributed by atoms with van der Waals surface area (Å²) in [5, 5.41) is 16.6. The summed E-state index contributed by atoms with van der Waals surface area (Å²) in [7, 11) is 1.67. The molecule has 1 aromatic heterocycles. The van der Waals surface area contributed by atoms with Crippen LogP contribution in [0, 0.1) is 6.92 Å². The van der Waals surface area contributed by atoms with Crippen molar-refractivity contribution in [3.05, 3.63) is 59.9 Å². The van der Waals surface area contributed by atoms with Crippen molar-refractivity contribution in [1.82, 2.24) is 20.2 Å². The van der Waals surface area contributed by atoms with Gasteiger partial charge in [-0.05, 0) is 54.5 Å². The highest BCUT2D eigenvalue weighted by Gasteiger charge is 2.39. The molecule has 27 heavy (non-hydrogen) atoms. The number of rotatable bonds is 5. The molecule has 0 bridgehead atoms. The summed E-state index contributed by atoms with van der Waals surface area (Å²) in [6.07, 6.45) is 5.54. The molecule has 0 atom stereocenters. The van der Waals surface area contributed by atoms with Gasteiger partial charge in [-0.1, -0.05) is 49.1 Å². The summed E-state index contributed by atoms with van der Waals surface area (Å²) in [6, 6.07) is 16.4. The van der Waals surface area contributed by atoms with Crippen molar-refractivity contribution in [2.45, 2.75) is 44.6 Å². The topological polar surface area (TPSA) is 64.9 Å². The van der Waals surface area contributed by atoms with Gasteiger partial charge in [0.1, 0.15) is 11.4 Å². The standard InChI is InChI=1S/C21H25N5O/c1-16-10-12-17(13-11-16)22-21(14-6-3-7-15-21)20-23-24-25-26(20)18-8-4-5-9-19(18)27-2/h4-5,8-13,22H,3,6-7,14-15H2,1-2H3. The number of aromatic nitrogens is 4. The van der Waals surface area contributed by atoms with Crippen LogP contribution in [0.15, 0.2) is 48.5 Å². The summed E-state index contributed by atoms with van der Waals surface area (Å²) in [6.45, 7) is 2.10. The number of anilines is 1. The summed E-state index contributed by atoms with van der Waals surface area (Å²) >= 11 is 0. The van der Waals surface area contributed by atoms with Crippen molar-refractivity contribution in [2.75, 3.05) is 12.4 Å². The Morgan fingerprint density at radius 2 is 1.74 bits per heavy atom. The Morgan fingerprint density at radius 3 is 2.48 bits per heavy atom. The second-order valence-corrected chi connectivity index (χ2v) is 7.22.